The second kappa shape index (κ2) is 8.69. The number of aryl methyl sites for hydroxylation is 3. The van der Waals surface area contributed by atoms with Gasteiger partial charge in [-0.3, -0.25) is 9.48 Å². The van der Waals surface area contributed by atoms with Gasteiger partial charge in [-0.05, 0) is 51.8 Å². The molecule has 3 aromatic rings. The standard InChI is InChI=1S/C21H25ClN4O3/c1-12-7-6-8-18(13(12)2)28-11-17-16(5)29-25-20(17)21(27)23-9-10-26-15(4)19(22)14(3)24-26/h6-8H,9-11H2,1-5H3,(H,23,27). The van der Waals surface area contributed by atoms with Crippen molar-refractivity contribution in [3.05, 3.63) is 62.8 Å². The van der Waals surface area contributed by atoms with Crippen molar-refractivity contribution in [2.75, 3.05) is 6.54 Å². The maximum atomic E-state index is 12.6. The predicted octanol–water partition coefficient (Wildman–Crippen LogP) is 4.08. The van der Waals surface area contributed by atoms with E-state index in [2.05, 4.69) is 15.6 Å². The summed E-state index contributed by atoms with van der Waals surface area (Å²) >= 11 is 6.16. The molecule has 29 heavy (non-hydrogen) atoms. The number of benzene rings is 1. The minimum absolute atomic E-state index is 0.204. The number of aromatic nitrogens is 3. The molecule has 0 aliphatic carbocycles. The van der Waals surface area contributed by atoms with Gasteiger partial charge >= 0.3 is 0 Å². The molecule has 0 fully saturated rings. The second-order valence-electron chi connectivity index (χ2n) is 7.02. The van der Waals surface area contributed by atoms with Gasteiger partial charge < -0.3 is 14.6 Å². The van der Waals surface area contributed by atoms with Crippen molar-refractivity contribution in [1.29, 1.82) is 0 Å². The van der Waals surface area contributed by atoms with Gasteiger partial charge in [-0.2, -0.15) is 5.10 Å². The van der Waals surface area contributed by atoms with Gasteiger partial charge in [-0.15, -0.1) is 0 Å². The summed E-state index contributed by atoms with van der Waals surface area (Å²) in [6, 6.07) is 5.88. The molecule has 7 nitrogen and oxygen atoms in total. The molecule has 8 heteroatoms. The zero-order chi connectivity index (χ0) is 21.1. The first-order valence-corrected chi connectivity index (χ1v) is 9.79. The van der Waals surface area contributed by atoms with Gasteiger partial charge in [0.15, 0.2) is 5.69 Å². The summed E-state index contributed by atoms with van der Waals surface area (Å²) in [5.74, 6) is 1.03. The van der Waals surface area contributed by atoms with E-state index >= 15 is 0 Å². The number of carbonyl (C=O) groups is 1. The molecule has 0 spiro atoms. The summed E-state index contributed by atoms with van der Waals surface area (Å²) < 4.78 is 12.9. The van der Waals surface area contributed by atoms with Gasteiger partial charge in [0.05, 0.1) is 28.5 Å². The maximum absolute atomic E-state index is 12.6. The van der Waals surface area contributed by atoms with Gasteiger partial charge in [-0.1, -0.05) is 28.9 Å². The highest BCUT2D eigenvalue weighted by molar-refractivity contribution is 6.31. The molecule has 0 aliphatic rings. The van der Waals surface area contributed by atoms with E-state index in [9.17, 15) is 4.79 Å². The van der Waals surface area contributed by atoms with Crippen LogP contribution in [-0.4, -0.2) is 27.4 Å². The molecule has 0 radical (unpaired) electrons. The third-order valence-corrected chi connectivity index (χ3v) is 5.58. The van der Waals surface area contributed by atoms with Gasteiger partial charge in [-0.25, -0.2) is 0 Å². The number of nitrogens with one attached hydrogen (secondary N) is 1. The Morgan fingerprint density at radius 1 is 1.24 bits per heavy atom. The third kappa shape index (κ3) is 4.45. The lowest BCUT2D eigenvalue weighted by Crippen LogP contribution is -2.29. The Morgan fingerprint density at radius 3 is 2.69 bits per heavy atom. The lowest BCUT2D eigenvalue weighted by molar-refractivity contribution is 0.0940. The van der Waals surface area contributed by atoms with Crippen molar-refractivity contribution in [2.24, 2.45) is 0 Å². The lowest BCUT2D eigenvalue weighted by Gasteiger charge is -2.11. The van der Waals surface area contributed by atoms with E-state index < -0.39 is 0 Å². The molecular weight excluding hydrogens is 392 g/mol. The van der Waals surface area contributed by atoms with Gasteiger partial charge in [0.1, 0.15) is 18.1 Å². The van der Waals surface area contributed by atoms with Crippen LogP contribution >= 0.6 is 11.6 Å². The molecule has 1 aromatic carbocycles. The summed E-state index contributed by atoms with van der Waals surface area (Å²) in [5, 5.41) is 11.8. The topological polar surface area (TPSA) is 82.2 Å². The van der Waals surface area contributed by atoms with Crippen molar-refractivity contribution < 1.29 is 14.1 Å². The lowest BCUT2D eigenvalue weighted by atomic mass is 10.1. The van der Waals surface area contributed by atoms with Crippen LogP contribution in [0.4, 0.5) is 0 Å². The van der Waals surface area contributed by atoms with Gasteiger partial charge in [0.2, 0.25) is 0 Å². The quantitative estimate of drug-likeness (QED) is 0.627. The Hall–Kier alpha value is -2.80. The van der Waals surface area contributed by atoms with Crippen molar-refractivity contribution >= 4 is 17.5 Å². The van der Waals surface area contributed by atoms with Gasteiger partial charge in [0, 0.05) is 6.54 Å². The number of nitrogens with zero attached hydrogens (tertiary/aromatic N) is 3. The summed E-state index contributed by atoms with van der Waals surface area (Å²) in [6.45, 7) is 10.7. The predicted molar refractivity (Wildman–Crippen MR) is 111 cm³/mol. The first-order valence-electron chi connectivity index (χ1n) is 9.41. The molecule has 2 aromatic heterocycles. The van der Waals surface area contributed by atoms with Crippen molar-refractivity contribution in [2.45, 2.75) is 47.8 Å². The molecule has 0 unspecified atom stereocenters. The van der Waals surface area contributed by atoms with Crippen LogP contribution in [0.15, 0.2) is 22.7 Å². The van der Waals surface area contributed by atoms with Crippen LogP contribution < -0.4 is 10.1 Å². The summed E-state index contributed by atoms with van der Waals surface area (Å²) in [7, 11) is 0. The minimum atomic E-state index is -0.311. The molecule has 2 heterocycles. The van der Waals surface area contributed by atoms with E-state index in [4.69, 9.17) is 20.9 Å². The van der Waals surface area contributed by atoms with E-state index in [0.717, 1.165) is 28.3 Å². The fourth-order valence-electron chi connectivity index (χ4n) is 3.02. The third-order valence-electron chi connectivity index (χ3n) is 5.03. The van der Waals surface area contributed by atoms with Crippen LogP contribution in [-0.2, 0) is 13.2 Å². The molecule has 0 aliphatic heterocycles. The van der Waals surface area contributed by atoms with Crippen molar-refractivity contribution in [3.63, 3.8) is 0 Å². The second-order valence-corrected chi connectivity index (χ2v) is 7.39. The molecular formula is C21H25ClN4O3. The fraction of sp³-hybridized carbons (Fsp3) is 0.381. The van der Waals surface area contributed by atoms with Gasteiger partial charge in [0.25, 0.3) is 5.91 Å². The van der Waals surface area contributed by atoms with E-state index in [0.29, 0.717) is 29.4 Å². The number of ether oxygens (including phenoxy) is 1. The number of amides is 1. The summed E-state index contributed by atoms with van der Waals surface area (Å²) in [5.41, 5.74) is 4.73. The van der Waals surface area contributed by atoms with Crippen LogP contribution in [0.25, 0.3) is 0 Å². The number of hydrogen-bond donors (Lipinski definition) is 1. The molecule has 3 rings (SSSR count). The maximum Gasteiger partial charge on any atom is 0.273 e. The fourth-order valence-corrected chi connectivity index (χ4v) is 3.16. The molecule has 0 bridgehead atoms. The van der Waals surface area contributed by atoms with Crippen molar-refractivity contribution in [1.82, 2.24) is 20.3 Å². The Bertz CT molecular complexity index is 1040. The smallest absolute Gasteiger partial charge is 0.273 e. The minimum Gasteiger partial charge on any atom is -0.488 e. The number of hydrogen-bond acceptors (Lipinski definition) is 5. The van der Waals surface area contributed by atoms with E-state index in [1.165, 1.54) is 0 Å². The Morgan fingerprint density at radius 2 is 2.00 bits per heavy atom. The summed E-state index contributed by atoms with van der Waals surface area (Å²) in [6.07, 6.45) is 0. The zero-order valence-electron chi connectivity index (χ0n) is 17.3. The SMILES string of the molecule is Cc1cccc(OCc2c(C(=O)NCCn3nc(C)c(Cl)c3C)noc2C)c1C. The van der Waals surface area contributed by atoms with E-state index in [1.54, 1.807) is 11.6 Å². The molecule has 154 valence electrons. The molecule has 1 amide bonds. The zero-order valence-corrected chi connectivity index (χ0v) is 18.1. The van der Waals surface area contributed by atoms with E-state index in [1.807, 2.05) is 45.9 Å². The van der Waals surface area contributed by atoms with Crippen LogP contribution in [0.2, 0.25) is 5.02 Å². The number of rotatable bonds is 7. The first kappa shape index (κ1) is 20.9. The Balaban J connectivity index is 1.64. The largest absolute Gasteiger partial charge is 0.488 e. The summed E-state index contributed by atoms with van der Waals surface area (Å²) in [4.78, 5) is 12.6. The van der Waals surface area contributed by atoms with Crippen LogP contribution in [0.3, 0.4) is 0 Å². The number of carbonyl (C=O) groups excluding carboxylic acids is 1. The van der Waals surface area contributed by atoms with Crippen LogP contribution in [0.1, 0.15) is 44.3 Å². The molecule has 0 saturated heterocycles. The highest BCUT2D eigenvalue weighted by Crippen LogP contribution is 2.23. The highest BCUT2D eigenvalue weighted by Gasteiger charge is 2.20. The Labute approximate surface area is 175 Å². The first-order chi connectivity index (χ1) is 13.8. The van der Waals surface area contributed by atoms with Crippen molar-refractivity contribution in [3.8, 4) is 5.75 Å². The molecule has 0 saturated carbocycles. The number of halogens is 1. The average molecular weight is 417 g/mol. The van der Waals surface area contributed by atoms with Crippen LogP contribution in [0, 0.1) is 34.6 Å². The normalized spacial score (nSPS) is 11.0. The molecule has 1 N–H and O–H groups in total. The monoisotopic (exact) mass is 416 g/mol. The highest BCUT2D eigenvalue weighted by atomic mass is 35.5. The average Bonchev–Trinajstić information content (AvgIpc) is 3.17. The van der Waals surface area contributed by atoms with Crippen LogP contribution in [0.5, 0.6) is 5.75 Å². The Kier molecular flexibility index (Phi) is 6.27. The van der Waals surface area contributed by atoms with E-state index in [-0.39, 0.29) is 18.2 Å². The molecule has 0 atom stereocenters.